The van der Waals surface area contributed by atoms with Gasteiger partial charge in [-0.1, -0.05) is 13.5 Å². The Balaban J connectivity index is 2.37. The molecule has 0 spiro atoms. The molecule has 94 valence electrons. The van der Waals surface area contributed by atoms with Crippen molar-refractivity contribution in [1.29, 1.82) is 0 Å². The average Bonchev–Trinajstić information content (AvgIpc) is 2.57. The molecule has 1 heterocycles. The van der Waals surface area contributed by atoms with Crippen molar-refractivity contribution in [1.82, 2.24) is 0 Å². The monoisotopic (exact) mass is 242 g/mol. The number of ketones is 1. The van der Waals surface area contributed by atoms with Crippen molar-refractivity contribution in [3.63, 3.8) is 0 Å². The Kier molecular flexibility index (Phi) is 4.25. The van der Waals surface area contributed by atoms with Crippen LogP contribution in [0.2, 0.25) is 0 Å². The molecule has 1 fully saturated rings. The van der Waals surface area contributed by atoms with E-state index in [2.05, 4.69) is 6.58 Å². The van der Waals surface area contributed by atoms with Crippen molar-refractivity contribution < 1.29 is 28.6 Å². The van der Waals surface area contributed by atoms with Gasteiger partial charge in [-0.15, -0.1) is 0 Å². The van der Waals surface area contributed by atoms with Gasteiger partial charge >= 0.3 is 11.9 Å². The Hall–Kier alpha value is -1.85. The first-order valence-corrected chi connectivity index (χ1v) is 5.10. The van der Waals surface area contributed by atoms with Crippen LogP contribution in [0.4, 0.5) is 0 Å². The van der Waals surface area contributed by atoms with Crippen LogP contribution in [0, 0.1) is 5.92 Å². The molecular formula is C11H14O6. The summed E-state index contributed by atoms with van der Waals surface area (Å²) in [4.78, 5) is 33.2. The molecule has 1 saturated heterocycles. The molecule has 2 atom stereocenters. The molecule has 6 nitrogen and oxygen atoms in total. The molecule has 0 bridgehead atoms. The van der Waals surface area contributed by atoms with Gasteiger partial charge in [-0.2, -0.15) is 0 Å². The van der Waals surface area contributed by atoms with Crippen molar-refractivity contribution in [3.05, 3.63) is 12.3 Å². The summed E-state index contributed by atoms with van der Waals surface area (Å²) in [5.74, 6) is -1.96. The highest BCUT2D eigenvalue weighted by Gasteiger charge is 2.37. The van der Waals surface area contributed by atoms with Gasteiger partial charge in [0, 0.05) is 12.8 Å². The summed E-state index contributed by atoms with van der Waals surface area (Å²) in [7, 11) is 0. The molecule has 1 aliphatic rings. The van der Waals surface area contributed by atoms with Gasteiger partial charge in [-0.05, 0) is 0 Å². The Labute approximate surface area is 98.5 Å². The number of ether oxygens (including phenoxy) is 3. The molecule has 1 rings (SSSR count). The number of hydrogen-bond donors (Lipinski definition) is 0. The SMILES string of the molecule is C=C(OCC(=O)OC1C(=O)OCC1C)C(C)=O. The van der Waals surface area contributed by atoms with E-state index >= 15 is 0 Å². The quantitative estimate of drug-likeness (QED) is 0.389. The van der Waals surface area contributed by atoms with Crippen LogP contribution in [0.3, 0.4) is 0 Å². The third-order valence-corrected chi connectivity index (χ3v) is 2.25. The first kappa shape index (κ1) is 13.2. The van der Waals surface area contributed by atoms with Crippen molar-refractivity contribution >= 4 is 17.7 Å². The first-order chi connectivity index (χ1) is 7.91. The first-order valence-electron chi connectivity index (χ1n) is 5.10. The molecule has 0 aromatic carbocycles. The zero-order valence-corrected chi connectivity index (χ0v) is 9.73. The van der Waals surface area contributed by atoms with E-state index < -0.39 is 24.6 Å². The normalized spacial score (nSPS) is 22.8. The summed E-state index contributed by atoms with van der Waals surface area (Å²) < 4.78 is 14.4. The van der Waals surface area contributed by atoms with Crippen LogP contribution in [0.15, 0.2) is 12.3 Å². The van der Waals surface area contributed by atoms with Crippen LogP contribution in [0.25, 0.3) is 0 Å². The largest absolute Gasteiger partial charge is 0.479 e. The summed E-state index contributed by atoms with van der Waals surface area (Å²) in [6.45, 7) is 6.10. The molecule has 0 aromatic rings. The van der Waals surface area contributed by atoms with Gasteiger partial charge in [0.2, 0.25) is 6.10 Å². The minimum absolute atomic E-state index is 0.121. The molecule has 0 aromatic heterocycles. The maximum absolute atomic E-state index is 11.3. The van der Waals surface area contributed by atoms with Gasteiger partial charge in [-0.25, -0.2) is 9.59 Å². The van der Waals surface area contributed by atoms with Crippen LogP contribution in [0.5, 0.6) is 0 Å². The lowest BCUT2D eigenvalue weighted by molar-refractivity contribution is -0.163. The van der Waals surface area contributed by atoms with E-state index in [4.69, 9.17) is 14.2 Å². The molecule has 0 amide bonds. The minimum atomic E-state index is -0.892. The second-order valence-corrected chi connectivity index (χ2v) is 3.79. The number of carbonyl (C=O) groups is 3. The van der Waals surface area contributed by atoms with E-state index in [9.17, 15) is 14.4 Å². The van der Waals surface area contributed by atoms with Gasteiger partial charge in [0.1, 0.15) is 0 Å². The van der Waals surface area contributed by atoms with Crippen LogP contribution < -0.4 is 0 Å². The lowest BCUT2D eigenvalue weighted by Gasteiger charge is -2.12. The molecule has 1 aliphatic heterocycles. The highest BCUT2D eigenvalue weighted by molar-refractivity contribution is 5.91. The van der Waals surface area contributed by atoms with Gasteiger partial charge in [0.15, 0.2) is 18.1 Å². The lowest BCUT2D eigenvalue weighted by atomic mass is 10.1. The number of rotatable bonds is 5. The van der Waals surface area contributed by atoms with E-state index in [0.29, 0.717) is 0 Å². The number of hydrogen-bond acceptors (Lipinski definition) is 6. The van der Waals surface area contributed by atoms with Gasteiger partial charge in [-0.3, -0.25) is 4.79 Å². The topological polar surface area (TPSA) is 78.9 Å². The van der Waals surface area contributed by atoms with E-state index in [1.807, 2.05) is 0 Å². The zero-order chi connectivity index (χ0) is 13.0. The summed E-state index contributed by atoms with van der Waals surface area (Å²) in [6.07, 6.45) is -0.892. The number of carbonyl (C=O) groups excluding carboxylic acids is 3. The summed E-state index contributed by atoms with van der Waals surface area (Å²) in [6, 6.07) is 0. The molecule has 0 radical (unpaired) electrons. The number of cyclic esters (lactones) is 1. The molecule has 0 N–H and O–H groups in total. The fraction of sp³-hybridized carbons (Fsp3) is 0.545. The molecule has 6 heteroatoms. The van der Waals surface area contributed by atoms with Crippen LogP contribution in [-0.4, -0.2) is 37.0 Å². The Bertz CT molecular complexity index is 359. The smallest absolute Gasteiger partial charge is 0.347 e. The zero-order valence-electron chi connectivity index (χ0n) is 9.73. The van der Waals surface area contributed by atoms with Crippen molar-refractivity contribution in [3.8, 4) is 0 Å². The highest BCUT2D eigenvalue weighted by atomic mass is 16.6. The van der Waals surface area contributed by atoms with E-state index in [0.717, 1.165) is 0 Å². The van der Waals surface area contributed by atoms with Gasteiger partial charge in [0.25, 0.3) is 0 Å². The second-order valence-electron chi connectivity index (χ2n) is 3.79. The summed E-state index contributed by atoms with van der Waals surface area (Å²) in [5, 5.41) is 0. The average molecular weight is 242 g/mol. The van der Waals surface area contributed by atoms with E-state index in [1.165, 1.54) is 6.92 Å². The molecular weight excluding hydrogens is 228 g/mol. The number of Topliss-reactive ketones (excluding diaryl/α,β-unsaturated/α-hetero) is 1. The Morgan fingerprint density at radius 2 is 2.18 bits per heavy atom. The number of allylic oxidation sites excluding steroid dienone is 1. The fourth-order valence-electron chi connectivity index (χ4n) is 1.20. The van der Waals surface area contributed by atoms with E-state index in [1.54, 1.807) is 6.92 Å². The van der Waals surface area contributed by atoms with Gasteiger partial charge < -0.3 is 14.2 Å². The predicted molar refractivity (Wildman–Crippen MR) is 55.8 cm³/mol. The molecule has 0 aliphatic carbocycles. The van der Waals surface area contributed by atoms with Crippen molar-refractivity contribution in [2.24, 2.45) is 5.92 Å². The lowest BCUT2D eigenvalue weighted by Crippen LogP contribution is -2.29. The maximum atomic E-state index is 11.3. The highest BCUT2D eigenvalue weighted by Crippen LogP contribution is 2.17. The third-order valence-electron chi connectivity index (χ3n) is 2.25. The minimum Gasteiger partial charge on any atom is -0.479 e. The van der Waals surface area contributed by atoms with Crippen LogP contribution in [0.1, 0.15) is 13.8 Å². The van der Waals surface area contributed by atoms with Crippen LogP contribution in [-0.2, 0) is 28.6 Å². The van der Waals surface area contributed by atoms with Crippen LogP contribution >= 0.6 is 0 Å². The van der Waals surface area contributed by atoms with E-state index in [-0.39, 0.29) is 24.1 Å². The van der Waals surface area contributed by atoms with Gasteiger partial charge in [0.05, 0.1) is 6.61 Å². The Morgan fingerprint density at radius 3 is 2.65 bits per heavy atom. The van der Waals surface area contributed by atoms with Crippen molar-refractivity contribution in [2.45, 2.75) is 20.0 Å². The number of esters is 2. The summed E-state index contributed by atoms with van der Waals surface area (Å²) >= 11 is 0. The predicted octanol–water partition coefficient (Wildman–Crippen LogP) is 0.210. The summed E-state index contributed by atoms with van der Waals surface area (Å²) in [5.41, 5.74) is 0. The second kappa shape index (κ2) is 5.47. The molecule has 0 saturated carbocycles. The standard InChI is InChI=1S/C11H14O6/c1-6-4-16-11(14)10(6)17-9(13)5-15-8(3)7(2)12/h6,10H,3-5H2,1-2H3. The fourth-order valence-corrected chi connectivity index (χ4v) is 1.20. The molecule has 17 heavy (non-hydrogen) atoms. The van der Waals surface area contributed by atoms with Crippen molar-refractivity contribution in [2.75, 3.05) is 13.2 Å². The third kappa shape index (κ3) is 3.58. The molecule has 2 unspecified atom stereocenters. The maximum Gasteiger partial charge on any atom is 0.347 e. The Morgan fingerprint density at radius 1 is 1.53 bits per heavy atom.